The van der Waals surface area contributed by atoms with Crippen LogP contribution in [-0.2, 0) is 4.79 Å². The zero-order valence-electron chi connectivity index (χ0n) is 16.8. The molecule has 0 spiro atoms. The Bertz CT molecular complexity index is 1130. The number of aromatic nitrogens is 2. The number of aryl methyl sites for hydroxylation is 1. The summed E-state index contributed by atoms with van der Waals surface area (Å²) in [5, 5.41) is 14.6. The number of carbonyl (C=O) groups excluding carboxylic acids is 1. The van der Waals surface area contributed by atoms with E-state index in [4.69, 9.17) is 9.37 Å². The Morgan fingerprint density at radius 2 is 1.83 bits per heavy atom. The molecule has 2 heterocycles. The second kappa shape index (κ2) is 7.33. The molecule has 0 bridgehead atoms. The summed E-state index contributed by atoms with van der Waals surface area (Å²) in [4.78, 5) is 13.4. The summed E-state index contributed by atoms with van der Waals surface area (Å²) in [7, 11) is 1.63. The van der Waals surface area contributed by atoms with E-state index in [-0.39, 0.29) is 17.7 Å². The van der Waals surface area contributed by atoms with Crippen LogP contribution in [0.15, 0.2) is 64.4 Å². The molecule has 0 radical (unpaired) electrons. The van der Waals surface area contributed by atoms with Gasteiger partial charge >= 0.3 is 0 Å². The molecule has 7 heteroatoms. The monoisotopic (exact) mass is 402 g/mol. The summed E-state index contributed by atoms with van der Waals surface area (Å²) in [5.74, 6) is 1.98. The topological polar surface area (TPSA) is 89.3 Å². The maximum atomic E-state index is 13.4. The molecule has 0 saturated carbocycles. The minimum absolute atomic E-state index is 0.113. The molecule has 1 aliphatic carbocycles. The zero-order valence-corrected chi connectivity index (χ0v) is 16.8. The van der Waals surface area contributed by atoms with Crippen molar-refractivity contribution in [2.45, 2.75) is 31.7 Å². The molecule has 2 N–H and O–H groups in total. The standard InChI is InChI=1S/C23H22N4O3/c1-13-4-3-5-15(10-13)16-11-18-20(19(28)12-16)21(14-6-8-17(29-2)9-7-14)25-23-22(24-18)26-30-27-23/h3-10,16,21H,11-12H2,1-2H3,(H,24,26)(H,25,27). The van der Waals surface area contributed by atoms with Crippen molar-refractivity contribution in [1.29, 1.82) is 0 Å². The Balaban J connectivity index is 1.58. The van der Waals surface area contributed by atoms with Crippen LogP contribution in [0.3, 0.4) is 0 Å². The van der Waals surface area contributed by atoms with Crippen molar-refractivity contribution in [3.63, 3.8) is 0 Å². The Morgan fingerprint density at radius 1 is 1.03 bits per heavy atom. The van der Waals surface area contributed by atoms with Crippen LogP contribution in [0.25, 0.3) is 0 Å². The Kier molecular flexibility index (Phi) is 4.50. The van der Waals surface area contributed by atoms with Crippen molar-refractivity contribution in [2.75, 3.05) is 17.7 Å². The van der Waals surface area contributed by atoms with Gasteiger partial charge in [0.1, 0.15) is 5.75 Å². The van der Waals surface area contributed by atoms with Crippen LogP contribution in [0.2, 0.25) is 0 Å². The molecule has 7 nitrogen and oxygen atoms in total. The second-order valence-corrected chi connectivity index (χ2v) is 7.77. The van der Waals surface area contributed by atoms with Gasteiger partial charge in [0.05, 0.1) is 13.2 Å². The molecule has 0 amide bonds. The summed E-state index contributed by atoms with van der Waals surface area (Å²) in [6.07, 6.45) is 1.18. The summed E-state index contributed by atoms with van der Waals surface area (Å²) < 4.78 is 10.2. The minimum Gasteiger partial charge on any atom is -0.497 e. The highest BCUT2D eigenvalue weighted by Crippen LogP contribution is 2.43. The van der Waals surface area contributed by atoms with E-state index in [1.54, 1.807) is 7.11 Å². The Morgan fingerprint density at radius 3 is 2.60 bits per heavy atom. The molecule has 0 fully saturated rings. The summed E-state index contributed by atoms with van der Waals surface area (Å²) in [6.45, 7) is 2.07. The molecule has 1 aliphatic heterocycles. The van der Waals surface area contributed by atoms with Gasteiger partial charge in [0, 0.05) is 17.7 Å². The number of benzene rings is 2. The number of anilines is 2. The highest BCUT2D eigenvalue weighted by atomic mass is 16.6. The third-order valence-corrected chi connectivity index (χ3v) is 5.80. The lowest BCUT2D eigenvalue weighted by atomic mass is 9.78. The number of ketones is 1. The summed E-state index contributed by atoms with van der Waals surface area (Å²) >= 11 is 0. The molecule has 5 rings (SSSR count). The van der Waals surface area contributed by atoms with E-state index in [9.17, 15) is 4.79 Å². The van der Waals surface area contributed by atoms with Crippen LogP contribution < -0.4 is 15.4 Å². The van der Waals surface area contributed by atoms with Crippen molar-refractivity contribution in [3.8, 4) is 5.75 Å². The quantitative estimate of drug-likeness (QED) is 0.672. The van der Waals surface area contributed by atoms with Crippen molar-refractivity contribution in [3.05, 3.63) is 76.5 Å². The number of Topliss-reactive ketones (excluding diaryl/α,β-unsaturated/α-hetero) is 1. The van der Waals surface area contributed by atoms with E-state index >= 15 is 0 Å². The highest BCUT2D eigenvalue weighted by molar-refractivity contribution is 6.00. The number of allylic oxidation sites excluding steroid dienone is 1. The van der Waals surface area contributed by atoms with Crippen LogP contribution in [0.4, 0.5) is 11.6 Å². The van der Waals surface area contributed by atoms with Crippen LogP contribution in [0, 0.1) is 6.92 Å². The van der Waals surface area contributed by atoms with Crippen LogP contribution >= 0.6 is 0 Å². The number of nitrogens with zero attached hydrogens (tertiary/aromatic N) is 2. The van der Waals surface area contributed by atoms with Crippen LogP contribution in [0.1, 0.15) is 41.5 Å². The highest BCUT2D eigenvalue weighted by Gasteiger charge is 2.37. The lowest BCUT2D eigenvalue weighted by Gasteiger charge is -2.29. The maximum absolute atomic E-state index is 13.4. The average Bonchev–Trinajstić information content (AvgIpc) is 3.12. The number of fused-ring (bicyclic) bond motifs is 1. The van der Waals surface area contributed by atoms with Gasteiger partial charge in [-0.15, -0.1) is 0 Å². The zero-order chi connectivity index (χ0) is 20.7. The van der Waals surface area contributed by atoms with Gasteiger partial charge in [-0.05, 0) is 52.8 Å². The first-order chi connectivity index (χ1) is 14.6. The fourth-order valence-electron chi connectivity index (χ4n) is 4.31. The number of nitrogens with one attached hydrogen (secondary N) is 2. The molecular weight excluding hydrogens is 380 g/mol. The van der Waals surface area contributed by atoms with Gasteiger partial charge < -0.3 is 15.4 Å². The molecule has 152 valence electrons. The SMILES string of the molecule is COc1ccc(C2Nc3nonc3NC3=C2C(=O)CC(c2cccc(C)c2)C3)cc1. The minimum atomic E-state index is -0.350. The van der Waals surface area contributed by atoms with Gasteiger partial charge in [-0.1, -0.05) is 42.0 Å². The number of ether oxygens (including phenoxy) is 1. The van der Waals surface area contributed by atoms with Crippen LogP contribution in [-0.4, -0.2) is 23.2 Å². The number of methoxy groups -OCH3 is 1. The average molecular weight is 402 g/mol. The molecule has 0 saturated heterocycles. The predicted molar refractivity (Wildman–Crippen MR) is 112 cm³/mol. The van der Waals surface area contributed by atoms with Gasteiger partial charge in [-0.2, -0.15) is 0 Å². The van der Waals surface area contributed by atoms with Crippen molar-refractivity contribution >= 4 is 17.4 Å². The molecule has 2 atom stereocenters. The lowest BCUT2D eigenvalue weighted by Crippen LogP contribution is -2.27. The fourth-order valence-corrected chi connectivity index (χ4v) is 4.31. The van der Waals surface area contributed by atoms with Crippen molar-refractivity contribution in [2.24, 2.45) is 0 Å². The fraction of sp³-hybridized carbons (Fsp3) is 0.261. The lowest BCUT2D eigenvalue weighted by molar-refractivity contribution is -0.116. The van der Waals surface area contributed by atoms with E-state index < -0.39 is 0 Å². The molecule has 1 aromatic heterocycles. The Labute approximate surface area is 174 Å². The van der Waals surface area contributed by atoms with E-state index in [0.29, 0.717) is 24.5 Å². The normalized spacial score (nSPS) is 20.5. The smallest absolute Gasteiger partial charge is 0.219 e. The maximum Gasteiger partial charge on any atom is 0.219 e. The van der Waals surface area contributed by atoms with Gasteiger partial charge in [-0.25, -0.2) is 4.63 Å². The number of carbonyl (C=O) groups is 1. The summed E-state index contributed by atoms with van der Waals surface area (Å²) in [6, 6.07) is 15.7. The Hall–Kier alpha value is -3.61. The summed E-state index contributed by atoms with van der Waals surface area (Å²) in [5.41, 5.74) is 4.90. The first-order valence-corrected chi connectivity index (χ1v) is 9.95. The van der Waals surface area contributed by atoms with E-state index in [1.165, 1.54) is 11.1 Å². The first-order valence-electron chi connectivity index (χ1n) is 9.95. The van der Waals surface area contributed by atoms with Gasteiger partial charge in [-0.3, -0.25) is 4.79 Å². The number of rotatable bonds is 3. The molecule has 3 aromatic rings. The molecule has 30 heavy (non-hydrogen) atoms. The third-order valence-electron chi connectivity index (χ3n) is 5.80. The van der Waals surface area contributed by atoms with E-state index in [1.807, 2.05) is 30.3 Å². The van der Waals surface area contributed by atoms with Gasteiger partial charge in [0.2, 0.25) is 11.6 Å². The molecular formula is C23H22N4O3. The first kappa shape index (κ1) is 18.4. The van der Waals surface area contributed by atoms with Crippen molar-refractivity contribution < 1.29 is 14.2 Å². The third kappa shape index (κ3) is 3.22. The second-order valence-electron chi connectivity index (χ2n) is 7.77. The van der Waals surface area contributed by atoms with Gasteiger partial charge in [0.15, 0.2) is 5.78 Å². The molecule has 2 unspecified atom stereocenters. The van der Waals surface area contributed by atoms with E-state index in [0.717, 1.165) is 22.6 Å². The number of hydrogen-bond donors (Lipinski definition) is 2. The molecule has 2 aliphatic rings. The number of hydrogen-bond acceptors (Lipinski definition) is 7. The van der Waals surface area contributed by atoms with Crippen LogP contribution in [0.5, 0.6) is 5.75 Å². The van der Waals surface area contributed by atoms with Crippen molar-refractivity contribution in [1.82, 2.24) is 10.3 Å². The molecule has 2 aromatic carbocycles. The van der Waals surface area contributed by atoms with Gasteiger partial charge in [0.25, 0.3) is 0 Å². The largest absolute Gasteiger partial charge is 0.497 e. The van der Waals surface area contributed by atoms with E-state index in [2.05, 4.69) is 46.1 Å². The predicted octanol–water partition coefficient (Wildman–Crippen LogP) is 4.37.